The van der Waals surface area contributed by atoms with Gasteiger partial charge < -0.3 is 20.1 Å². The Morgan fingerprint density at radius 2 is 1.89 bits per heavy atom. The maximum absolute atomic E-state index is 12.5. The maximum Gasteiger partial charge on any atom is 0.387 e. The lowest BCUT2D eigenvalue weighted by Gasteiger charge is -2.13. The zero-order chi connectivity index (χ0) is 20.5. The Bertz CT molecular complexity index is 777. The van der Waals surface area contributed by atoms with E-state index in [1.165, 1.54) is 12.0 Å². The van der Waals surface area contributed by atoms with Gasteiger partial charge in [0.15, 0.2) is 17.5 Å². The van der Waals surface area contributed by atoms with Gasteiger partial charge in [-0.15, -0.1) is 11.3 Å². The highest BCUT2D eigenvalue weighted by atomic mass is 32.1. The summed E-state index contributed by atoms with van der Waals surface area (Å²) in [5.41, 5.74) is 1.94. The average molecular weight is 413 g/mol. The molecular formula is C19H26F2N4O2S. The summed E-state index contributed by atoms with van der Waals surface area (Å²) in [4.78, 5) is 9.95. The molecule has 1 aromatic heterocycles. The molecule has 2 N–H and O–H groups in total. The second-order valence-electron chi connectivity index (χ2n) is 6.04. The van der Waals surface area contributed by atoms with Crippen LogP contribution in [0.25, 0.3) is 0 Å². The molecule has 0 amide bonds. The molecule has 0 aliphatic carbocycles. The van der Waals surface area contributed by atoms with Crippen LogP contribution in [0.1, 0.15) is 21.1 Å². The summed E-state index contributed by atoms with van der Waals surface area (Å²) in [7, 11) is 3.12. The van der Waals surface area contributed by atoms with Gasteiger partial charge >= 0.3 is 6.61 Å². The van der Waals surface area contributed by atoms with E-state index in [4.69, 9.17) is 4.74 Å². The number of aryl methyl sites for hydroxylation is 2. The quantitative estimate of drug-likeness (QED) is 0.489. The number of aliphatic imine (C=N–C) groups is 1. The average Bonchev–Trinajstić information content (AvgIpc) is 2.97. The molecule has 1 heterocycles. The summed E-state index contributed by atoms with van der Waals surface area (Å²) in [6.45, 7) is 2.51. The van der Waals surface area contributed by atoms with E-state index in [1.807, 2.05) is 13.0 Å². The smallest absolute Gasteiger partial charge is 0.387 e. The normalized spacial score (nSPS) is 11.6. The Kier molecular flexibility index (Phi) is 8.43. The Hall–Kier alpha value is -2.42. The lowest BCUT2D eigenvalue weighted by molar-refractivity contribution is -0.0512. The number of thiazole rings is 1. The summed E-state index contributed by atoms with van der Waals surface area (Å²) >= 11 is 1.71. The molecule has 0 unspecified atom stereocenters. The number of methoxy groups -OCH3 is 1. The van der Waals surface area contributed by atoms with E-state index in [9.17, 15) is 8.78 Å². The van der Waals surface area contributed by atoms with Crippen molar-refractivity contribution in [3.63, 3.8) is 0 Å². The minimum absolute atomic E-state index is 0.0338. The number of guanidine groups is 1. The molecule has 0 spiro atoms. The van der Waals surface area contributed by atoms with Crippen molar-refractivity contribution in [3.8, 4) is 11.5 Å². The highest BCUT2D eigenvalue weighted by Crippen LogP contribution is 2.29. The number of hydrogen-bond acceptors (Lipinski definition) is 5. The number of nitrogens with one attached hydrogen (secondary N) is 2. The van der Waals surface area contributed by atoms with Crippen LogP contribution in [0.4, 0.5) is 8.78 Å². The number of alkyl halides is 2. The minimum Gasteiger partial charge on any atom is -0.493 e. The Morgan fingerprint density at radius 3 is 2.46 bits per heavy atom. The van der Waals surface area contributed by atoms with Crippen molar-refractivity contribution in [2.75, 3.05) is 27.2 Å². The zero-order valence-corrected chi connectivity index (χ0v) is 17.3. The van der Waals surface area contributed by atoms with Crippen LogP contribution >= 0.6 is 11.3 Å². The summed E-state index contributed by atoms with van der Waals surface area (Å²) in [6.07, 6.45) is 1.45. The van der Waals surface area contributed by atoms with Gasteiger partial charge in [0.05, 0.1) is 17.8 Å². The molecule has 0 radical (unpaired) electrons. The molecular weight excluding hydrogens is 386 g/mol. The topological polar surface area (TPSA) is 67.8 Å². The first-order valence-electron chi connectivity index (χ1n) is 8.92. The monoisotopic (exact) mass is 412 g/mol. The number of benzene rings is 1. The van der Waals surface area contributed by atoms with Gasteiger partial charge in [-0.25, -0.2) is 4.98 Å². The second-order valence-corrected chi connectivity index (χ2v) is 7.33. The van der Waals surface area contributed by atoms with E-state index in [-0.39, 0.29) is 11.5 Å². The number of hydrogen-bond donors (Lipinski definition) is 2. The standard InChI is InChI=1S/C19H26F2N4O2S/c1-12-13(2)28-17(25-12)8-10-24-19(22-3)23-9-7-14-5-6-15(26-4)16(11-14)27-18(20)21/h5-6,11,18H,7-10H2,1-4H3,(H2,22,23,24). The molecule has 6 nitrogen and oxygen atoms in total. The number of halogens is 2. The fourth-order valence-electron chi connectivity index (χ4n) is 2.54. The molecule has 2 aromatic rings. The van der Waals surface area contributed by atoms with Gasteiger partial charge in [-0.2, -0.15) is 8.78 Å². The molecule has 0 aliphatic rings. The van der Waals surface area contributed by atoms with Crippen molar-refractivity contribution in [2.45, 2.75) is 33.3 Å². The van der Waals surface area contributed by atoms with Crippen LogP contribution < -0.4 is 20.1 Å². The predicted octanol–water partition coefficient (Wildman–Crippen LogP) is 3.32. The second kappa shape index (κ2) is 10.8. The largest absolute Gasteiger partial charge is 0.493 e. The van der Waals surface area contributed by atoms with Crippen molar-refractivity contribution < 1.29 is 18.3 Å². The molecule has 0 aliphatic heterocycles. The van der Waals surface area contributed by atoms with Crippen molar-refractivity contribution in [1.29, 1.82) is 0 Å². The van der Waals surface area contributed by atoms with E-state index in [0.717, 1.165) is 29.2 Å². The van der Waals surface area contributed by atoms with Crippen LogP contribution in [0, 0.1) is 13.8 Å². The van der Waals surface area contributed by atoms with Gasteiger partial charge in [-0.3, -0.25) is 4.99 Å². The van der Waals surface area contributed by atoms with Gasteiger partial charge in [0, 0.05) is 31.4 Å². The van der Waals surface area contributed by atoms with E-state index in [2.05, 4.69) is 32.3 Å². The Morgan fingerprint density at radius 1 is 1.18 bits per heavy atom. The number of ether oxygens (including phenoxy) is 2. The van der Waals surface area contributed by atoms with Crippen LogP contribution in [-0.4, -0.2) is 44.8 Å². The van der Waals surface area contributed by atoms with E-state index in [1.54, 1.807) is 30.5 Å². The third-order valence-corrected chi connectivity index (χ3v) is 5.21. The number of rotatable bonds is 9. The fourth-order valence-corrected chi connectivity index (χ4v) is 3.48. The molecule has 0 saturated carbocycles. The zero-order valence-electron chi connectivity index (χ0n) is 16.5. The Labute approximate surface area is 168 Å². The first-order valence-corrected chi connectivity index (χ1v) is 9.73. The molecule has 2 rings (SSSR count). The van der Waals surface area contributed by atoms with Crippen LogP contribution in [0.5, 0.6) is 11.5 Å². The van der Waals surface area contributed by atoms with Crippen molar-refractivity contribution >= 4 is 17.3 Å². The molecule has 9 heteroatoms. The minimum atomic E-state index is -2.89. The predicted molar refractivity (Wildman–Crippen MR) is 108 cm³/mol. The molecule has 154 valence electrons. The van der Waals surface area contributed by atoms with Gasteiger partial charge in [0.2, 0.25) is 0 Å². The fraction of sp³-hybridized carbons (Fsp3) is 0.474. The third-order valence-electron chi connectivity index (χ3n) is 4.08. The van der Waals surface area contributed by atoms with Crippen LogP contribution in [0.3, 0.4) is 0 Å². The first kappa shape index (κ1) is 21.9. The summed E-state index contributed by atoms with van der Waals surface area (Å²) in [6, 6.07) is 5.01. The van der Waals surface area contributed by atoms with Gasteiger partial charge in [-0.1, -0.05) is 6.07 Å². The number of nitrogens with zero attached hydrogens (tertiary/aromatic N) is 2. The maximum atomic E-state index is 12.5. The molecule has 1 aromatic carbocycles. The SMILES string of the molecule is CN=C(NCCc1ccc(OC)c(OC(F)F)c1)NCCc1nc(C)c(C)s1. The van der Waals surface area contributed by atoms with Crippen molar-refractivity contribution in [2.24, 2.45) is 4.99 Å². The highest BCUT2D eigenvalue weighted by molar-refractivity contribution is 7.11. The summed E-state index contributed by atoms with van der Waals surface area (Å²) < 4.78 is 34.6. The molecule has 0 bridgehead atoms. The van der Waals surface area contributed by atoms with Gasteiger partial charge in [0.1, 0.15) is 0 Å². The molecule has 28 heavy (non-hydrogen) atoms. The van der Waals surface area contributed by atoms with E-state index < -0.39 is 6.61 Å². The van der Waals surface area contributed by atoms with Gasteiger partial charge in [-0.05, 0) is 38.0 Å². The lowest BCUT2D eigenvalue weighted by Crippen LogP contribution is -2.39. The van der Waals surface area contributed by atoms with E-state index in [0.29, 0.717) is 18.9 Å². The highest BCUT2D eigenvalue weighted by Gasteiger charge is 2.11. The molecule has 0 atom stereocenters. The molecule has 0 saturated heterocycles. The lowest BCUT2D eigenvalue weighted by atomic mass is 10.1. The van der Waals surface area contributed by atoms with Crippen LogP contribution in [0.15, 0.2) is 23.2 Å². The van der Waals surface area contributed by atoms with Crippen molar-refractivity contribution in [3.05, 3.63) is 39.3 Å². The van der Waals surface area contributed by atoms with Crippen LogP contribution in [-0.2, 0) is 12.8 Å². The van der Waals surface area contributed by atoms with E-state index >= 15 is 0 Å². The van der Waals surface area contributed by atoms with Crippen molar-refractivity contribution in [1.82, 2.24) is 15.6 Å². The Balaban J connectivity index is 1.80. The summed E-state index contributed by atoms with van der Waals surface area (Å²) in [5, 5.41) is 7.56. The van der Waals surface area contributed by atoms with Gasteiger partial charge in [0.25, 0.3) is 0 Å². The third kappa shape index (κ3) is 6.63. The summed E-state index contributed by atoms with van der Waals surface area (Å²) in [5.74, 6) is 0.997. The number of aromatic nitrogens is 1. The van der Waals surface area contributed by atoms with Crippen LogP contribution in [0.2, 0.25) is 0 Å². The first-order chi connectivity index (χ1) is 13.4. The molecule has 0 fully saturated rings.